The first-order chi connectivity index (χ1) is 11.3. The van der Waals surface area contributed by atoms with Crippen LogP contribution in [0.15, 0.2) is 53.4 Å². The minimum Gasteiger partial charge on any atom is -0.350 e. The summed E-state index contributed by atoms with van der Waals surface area (Å²) in [5.41, 5.74) is 1.65. The quantitative estimate of drug-likeness (QED) is 0.842. The highest BCUT2D eigenvalue weighted by molar-refractivity contribution is 7.92. The van der Waals surface area contributed by atoms with Crippen LogP contribution >= 0.6 is 0 Å². The van der Waals surface area contributed by atoms with Crippen molar-refractivity contribution in [1.82, 2.24) is 5.32 Å². The highest BCUT2D eigenvalue weighted by atomic mass is 32.2. The van der Waals surface area contributed by atoms with Gasteiger partial charge in [0.15, 0.2) is 0 Å². The molecular formula is C18H22N2O3S. The van der Waals surface area contributed by atoms with Crippen LogP contribution in [0.3, 0.4) is 0 Å². The zero-order chi connectivity index (χ0) is 17.7. The summed E-state index contributed by atoms with van der Waals surface area (Å²) < 4.78 is 27.3. The molecule has 0 spiro atoms. The van der Waals surface area contributed by atoms with Gasteiger partial charge in [0.05, 0.1) is 10.6 Å². The van der Waals surface area contributed by atoms with E-state index in [0.717, 1.165) is 6.42 Å². The van der Waals surface area contributed by atoms with E-state index in [4.69, 9.17) is 0 Å². The number of amides is 1. The molecular weight excluding hydrogens is 324 g/mol. The number of carbonyl (C=O) groups is 1. The van der Waals surface area contributed by atoms with Gasteiger partial charge in [0, 0.05) is 11.6 Å². The van der Waals surface area contributed by atoms with Crippen molar-refractivity contribution in [3.8, 4) is 0 Å². The van der Waals surface area contributed by atoms with Crippen molar-refractivity contribution < 1.29 is 13.2 Å². The van der Waals surface area contributed by atoms with Gasteiger partial charge >= 0.3 is 0 Å². The van der Waals surface area contributed by atoms with E-state index in [1.54, 1.807) is 43.3 Å². The molecule has 0 bridgehead atoms. The molecule has 0 fully saturated rings. The fourth-order valence-electron chi connectivity index (χ4n) is 2.13. The van der Waals surface area contributed by atoms with Crippen molar-refractivity contribution in [3.05, 3.63) is 59.7 Å². The Balaban J connectivity index is 2.20. The van der Waals surface area contributed by atoms with Crippen molar-refractivity contribution in [1.29, 1.82) is 0 Å². The smallest absolute Gasteiger partial charge is 0.261 e. The molecule has 0 saturated carbocycles. The van der Waals surface area contributed by atoms with Crippen LogP contribution in [0.25, 0.3) is 0 Å². The Bertz CT molecular complexity index is 817. The second-order valence-corrected chi connectivity index (χ2v) is 7.41. The molecule has 1 atom stereocenters. The molecule has 2 aromatic carbocycles. The molecule has 0 aliphatic carbocycles. The van der Waals surface area contributed by atoms with Gasteiger partial charge in [0.25, 0.3) is 15.9 Å². The highest BCUT2D eigenvalue weighted by Gasteiger charge is 2.16. The average molecular weight is 346 g/mol. The number of aryl methyl sites for hydroxylation is 1. The Morgan fingerprint density at radius 3 is 2.38 bits per heavy atom. The lowest BCUT2D eigenvalue weighted by Gasteiger charge is -2.14. The maximum atomic E-state index is 12.4. The fourth-order valence-corrected chi connectivity index (χ4v) is 3.28. The third-order valence-electron chi connectivity index (χ3n) is 3.78. The predicted octanol–water partition coefficient (Wildman–Crippen LogP) is 3.32. The van der Waals surface area contributed by atoms with Crippen LogP contribution in [0.4, 0.5) is 5.69 Å². The lowest BCUT2D eigenvalue weighted by atomic mass is 10.1. The van der Waals surface area contributed by atoms with Crippen LogP contribution in [0.2, 0.25) is 0 Å². The SMILES string of the molecule is CC[C@@H](C)NC(=O)c1ccc(NS(=O)(=O)c2ccccc2)c(C)c1. The zero-order valence-electron chi connectivity index (χ0n) is 14.0. The van der Waals surface area contributed by atoms with Gasteiger partial charge in [-0.05, 0) is 56.2 Å². The van der Waals surface area contributed by atoms with Crippen LogP contribution in [-0.4, -0.2) is 20.4 Å². The Morgan fingerprint density at radius 1 is 1.12 bits per heavy atom. The number of sulfonamides is 1. The monoisotopic (exact) mass is 346 g/mol. The molecule has 2 rings (SSSR count). The van der Waals surface area contributed by atoms with E-state index in [2.05, 4.69) is 10.0 Å². The van der Waals surface area contributed by atoms with Gasteiger partial charge in [-0.15, -0.1) is 0 Å². The number of carbonyl (C=O) groups excluding carboxylic acids is 1. The number of rotatable bonds is 6. The summed E-state index contributed by atoms with van der Waals surface area (Å²) in [6, 6.07) is 13.2. The molecule has 1 amide bonds. The number of benzene rings is 2. The Hall–Kier alpha value is -2.34. The zero-order valence-corrected chi connectivity index (χ0v) is 14.9. The molecule has 0 saturated heterocycles. The van der Waals surface area contributed by atoms with Crippen molar-refractivity contribution >= 4 is 21.6 Å². The van der Waals surface area contributed by atoms with Gasteiger partial charge in [-0.2, -0.15) is 0 Å². The van der Waals surface area contributed by atoms with Crippen LogP contribution in [0, 0.1) is 6.92 Å². The largest absolute Gasteiger partial charge is 0.350 e. The first-order valence-corrected chi connectivity index (χ1v) is 9.31. The third-order valence-corrected chi connectivity index (χ3v) is 5.16. The molecule has 5 nitrogen and oxygen atoms in total. The van der Waals surface area contributed by atoms with Crippen LogP contribution < -0.4 is 10.0 Å². The van der Waals surface area contributed by atoms with Gasteiger partial charge in [-0.3, -0.25) is 9.52 Å². The maximum absolute atomic E-state index is 12.4. The average Bonchev–Trinajstić information content (AvgIpc) is 2.57. The summed E-state index contributed by atoms with van der Waals surface area (Å²) in [6.07, 6.45) is 0.847. The number of hydrogen-bond donors (Lipinski definition) is 2. The van der Waals surface area contributed by atoms with Crippen molar-refractivity contribution in [2.75, 3.05) is 4.72 Å². The lowest BCUT2D eigenvalue weighted by Crippen LogP contribution is -2.31. The van der Waals surface area contributed by atoms with Gasteiger partial charge in [0.2, 0.25) is 0 Å². The van der Waals surface area contributed by atoms with E-state index < -0.39 is 10.0 Å². The predicted molar refractivity (Wildman–Crippen MR) is 95.6 cm³/mol. The topological polar surface area (TPSA) is 75.3 Å². The standard InChI is InChI=1S/C18H22N2O3S/c1-4-14(3)19-18(21)15-10-11-17(13(2)12-15)20-24(22,23)16-8-6-5-7-9-16/h5-12,14,20H,4H2,1-3H3,(H,19,21)/t14-/m1/s1. The van der Waals surface area contributed by atoms with Crippen LogP contribution in [0.5, 0.6) is 0 Å². The second kappa shape index (κ2) is 7.49. The summed E-state index contributed by atoms with van der Waals surface area (Å²) >= 11 is 0. The Morgan fingerprint density at radius 2 is 1.79 bits per heavy atom. The van der Waals surface area contributed by atoms with Crippen molar-refractivity contribution in [3.63, 3.8) is 0 Å². The Kier molecular flexibility index (Phi) is 5.62. The van der Waals surface area contributed by atoms with E-state index in [9.17, 15) is 13.2 Å². The fraction of sp³-hybridized carbons (Fsp3) is 0.278. The van der Waals surface area contributed by atoms with E-state index in [1.165, 1.54) is 12.1 Å². The van der Waals surface area contributed by atoms with Gasteiger partial charge in [-0.1, -0.05) is 25.1 Å². The van der Waals surface area contributed by atoms with Crippen molar-refractivity contribution in [2.45, 2.75) is 38.1 Å². The second-order valence-electron chi connectivity index (χ2n) is 5.73. The molecule has 0 aliphatic rings. The molecule has 0 aromatic heterocycles. The maximum Gasteiger partial charge on any atom is 0.261 e. The minimum atomic E-state index is -3.64. The van der Waals surface area contributed by atoms with Crippen LogP contribution in [-0.2, 0) is 10.0 Å². The highest BCUT2D eigenvalue weighted by Crippen LogP contribution is 2.21. The summed E-state index contributed by atoms with van der Waals surface area (Å²) in [7, 11) is -3.64. The van der Waals surface area contributed by atoms with E-state index in [1.807, 2.05) is 13.8 Å². The first kappa shape index (κ1) is 18.0. The third kappa shape index (κ3) is 4.35. The molecule has 0 heterocycles. The number of nitrogens with one attached hydrogen (secondary N) is 2. The number of anilines is 1. The molecule has 24 heavy (non-hydrogen) atoms. The molecule has 128 valence electrons. The molecule has 0 radical (unpaired) electrons. The van der Waals surface area contributed by atoms with Gasteiger partial charge in [-0.25, -0.2) is 8.42 Å². The van der Waals surface area contributed by atoms with E-state index >= 15 is 0 Å². The summed E-state index contributed by atoms with van der Waals surface area (Å²) in [5, 5.41) is 2.89. The molecule has 2 aromatic rings. The van der Waals surface area contributed by atoms with E-state index in [-0.39, 0.29) is 16.8 Å². The minimum absolute atomic E-state index is 0.0917. The summed E-state index contributed by atoms with van der Waals surface area (Å²) in [6.45, 7) is 5.70. The molecule has 2 N–H and O–H groups in total. The lowest BCUT2D eigenvalue weighted by molar-refractivity contribution is 0.0939. The van der Waals surface area contributed by atoms with Gasteiger partial charge < -0.3 is 5.32 Å². The van der Waals surface area contributed by atoms with E-state index in [0.29, 0.717) is 16.8 Å². The Labute approximate surface area is 143 Å². The molecule has 0 unspecified atom stereocenters. The molecule has 6 heteroatoms. The summed E-state index contributed by atoms with van der Waals surface area (Å²) in [5.74, 6) is -0.162. The molecule has 0 aliphatic heterocycles. The van der Waals surface area contributed by atoms with Crippen LogP contribution in [0.1, 0.15) is 36.2 Å². The normalized spacial score (nSPS) is 12.5. The van der Waals surface area contributed by atoms with Gasteiger partial charge in [0.1, 0.15) is 0 Å². The number of hydrogen-bond acceptors (Lipinski definition) is 3. The summed E-state index contributed by atoms with van der Waals surface area (Å²) in [4.78, 5) is 12.3. The first-order valence-electron chi connectivity index (χ1n) is 7.83. The van der Waals surface area contributed by atoms with Crippen molar-refractivity contribution in [2.24, 2.45) is 0 Å².